The lowest BCUT2D eigenvalue weighted by molar-refractivity contribution is 0.0975. The number of anilines is 1. The summed E-state index contributed by atoms with van der Waals surface area (Å²) in [6, 6.07) is 9.74. The van der Waals surface area contributed by atoms with Crippen LogP contribution in [0.2, 0.25) is 5.02 Å². The first kappa shape index (κ1) is 20.2. The van der Waals surface area contributed by atoms with Crippen molar-refractivity contribution in [3.63, 3.8) is 0 Å². The molecule has 8 heteroatoms. The quantitative estimate of drug-likeness (QED) is 0.529. The van der Waals surface area contributed by atoms with Crippen molar-refractivity contribution in [3.05, 3.63) is 64.7 Å². The molecule has 1 amide bonds. The first-order valence-corrected chi connectivity index (χ1v) is 9.33. The van der Waals surface area contributed by atoms with Crippen LogP contribution in [-0.4, -0.2) is 29.1 Å². The zero-order valence-electron chi connectivity index (χ0n) is 15.0. The fourth-order valence-corrected chi connectivity index (χ4v) is 3.18. The fraction of sp³-hybridized carbons (Fsp3) is 0.300. The topological polar surface area (TPSA) is 73.7 Å². The van der Waals surface area contributed by atoms with Crippen molar-refractivity contribution in [3.8, 4) is 0 Å². The Balaban J connectivity index is 1.80. The summed E-state index contributed by atoms with van der Waals surface area (Å²) in [5, 5.41) is 15.8. The Morgan fingerprint density at radius 2 is 1.82 bits per heavy atom. The lowest BCUT2D eigenvalue weighted by Crippen LogP contribution is -2.37. The summed E-state index contributed by atoms with van der Waals surface area (Å²) in [6.07, 6.45) is 2.31. The number of hydrogen-bond donors (Lipinski definition) is 3. The number of halogens is 3. The van der Waals surface area contributed by atoms with Crippen LogP contribution in [0.1, 0.15) is 36.0 Å². The minimum atomic E-state index is -1.10. The number of benzene rings is 2. The van der Waals surface area contributed by atoms with E-state index in [1.807, 2.05) is 0 Å². The van der Waals surface area contributed by atoms with Crippen molar-refractivity contribution in [1.29, 1.82) is 0 Å². The van der Waals surface area contributed by atoms with E-state index in [1.165, 1.54) is 6.07 Å². The molecule has 1 aliphatic carbocycles. The van der Waals surface area contributed by atoms with E-state index in [0.717, 1.165) is 12.1 Å². The zero-order chi connectivity index (χ0) is 20.1. The Bertz CT molecular complexity index is 884. The number of rotatable bonds is 3. The van der Waals surface area contributed by atoms with Crippen LogP contribution in [0.4, 0.5) is 14.5 Å². The van der Waals surface area contributed by atoms with Gasteiger partial charge in [-0.05, 0) is 62.1 Å². The Hall–Kier alpha value is -2.51. The lowest BCUT2D eigenvalue weighted by Gasteiger charge is -2.23. The first-order valence-electron chi connectivity index (χ1n) is 8.95. The number of amides is 1. The second kappa shape index (κ2) is 9.12. The maximum absolute atomic E-state index is 13.4. The largest absolute Gasteiger partial charge is 0.393 e. The summed E-state index contributed by atoms with van der Waals surface area (Å²) < 4.78 is 26.6. The highest BCUT2D eigenvalue weighted by Gasteiger charge is 2.20. The van der Waals surface area contributed by atoms with Gasteiger partial charge < -0.3 is 10.4 Å². The number of nitrogens with one attached hydrogen (secondary N) is 2. The van der Waals surface area contributed by atoms with Gasteiger partial charge in [0.2, 0.25) is 5.96 Å². The van der Waals surface area contributed by atoms with Crippen LogP contribution in [0.25, 0.3) is 0 Å². The number of hydrogen-bond acceptors (Lipinski definition) is 3. The summed E-state index contributed by atoms with van der Waals surface area (Å²) >= 11 is 6.00. The highest BCUT2D eigenvalue weighted by molar-refractivity contribution is 6.31. The molecule has 5 nitrogen and oxygen atoms in total. The van der Waals surface area contributed by atoms with Gasteiger partial charge >= 0.3 is 0 Å². The number of aliphatic imine (C=N–C) groups is 1. The molecule has 2 aromatic carbocycles. The number of guanidine groups is 1. The van der Waals surface area contributed by atoms with Gasteiger partial charge in [0.15, 0.2) is 11.6 Å². The van der Waals surface area contributed by atoms with Crippen molar-refractivity contribution >= 4 is 29.2 Å². The van der Waals surface area contributed by atoms with Gasteiger partial charge in [0.1, 0.15) is 0 Å². The van der Waals surface area contributed by atoms with Gasteiger partial charge in [0.05, 0.1) is 12.1 Å². The van der Waals surface area contributed by atoms with Crippen LogP contribution < -0.4 is 10.6 Å². The zero-order valence-corrected chi connectivity index (χ0v) is 15.7. The number of carbonyl (C=O) groups is 1. The van der Waals surface area contributed by atoms with Gasteiger partial charge in [-0.25, -0.2) is 13.8 Å². The van der Waals surface area contributed by atoms with Gasteiger partial charge in [0, 0.05) is 16.3 Å². The number of nitrogens with zero attached hydrogens (tertiary/aromatic N) is 1. The molecule has 1 fully saturated rings. The highest BCUT2D eigenvalue weighted by Crippen LogP contribution is 2.21. The summed E-state index contributed by atoms with van der Waals surface area (Å²) in [6.45, 7) is 0. The highest BCUT2D eigenvalue weighted by atomic mass is 35.5. The average Bonchev–Trinajstić information content (AvgIpc) is 2.65. The van der Waals surface area contributed by atoms with E-state index in [0.29, 0.717) is 36.4 Å². The Labute approximate surface area is 166 Å². The molecule has 28 heavy (non-hydrogen) atoms. The van der Waals surface area contributed by atoms with Crippen LogP contribution in [0, 0.1) is 11.6 Å². The molecule has 0 heterocycles. The Morgan fingerprint density at radius 3 is 2.50 bits per heavy atom. The molecule has 0 spiro atoms. The van der Waals surface area contributed by atoms with E-state index in [4.69, 9.17) is 11.6 Å². The average molecular weight is 408 g/mol. The molecule has 0 saturated heterocycles. The Morgan fingerprint density at radius 1 is 1.07 bits per heavy atom. The molecule has 0 unspecified atom stereocenters. The van der Waals surface area contributed by atoms with Crippen LogP contribution in [-0.2, 0) is 0 Å². The van der Waals surface area contributed by atoms with Gasteiger partial charge in [-0.15, -0.1) is 0 Å². The van der Waals surface area contributed by atoms with E-state index in [9.17, 15) is 18.7 Å². The molecular weight excluding hydrogens is 388 g/mol. The first-order chi connectivity index (χ1) is 13.4. The molecule has 0 bridgehead atoms. The molecule has 3 N–H and O–H groups in total. The predicted octanol–water partition coefficient (Wildman–Crippen LogP) is 4.12. The number of aliphatic hydroxyl groups is 1. The molecule has 0 atom stereocenters. The minimum absolute atomic E-state index is 0.0291. The fourth-order valence-electron chi connectivity index (χ4n) is 2.99. The third-order valence-electron chi connectivity index (χ3n) is 4.48. The number of aliphatic hydroxyl groups excluding tert-OH is 1. The molecule has 0 aromatic heterocycles. The van der Waals surface area contributed by atoms with E-state index in [1.54, 1.807) is 24.3 Å². The summed E-state index contributed by atoms with van der Waals surface area (Å²) in [7, 11) is 0. The van der Waals surface area contributed by atoms with E-state index < -0.39 is 17.5 Å². The molecule has 1 aliphatic rings. The van der Waals surface area contributed by atoms with E-state index in [2.05, 4.69) is 15.6 Å². The predicted molar refractivity (Wildman–Crippen MR) is 105 cm³/mol. The van der Waals surface area contributed by atoms with Gasteiger partial charge in [-0.1, -0.05) is 17.7 Å². The van der Waals surface area contributed by atoms with E-state index >= 15 is 0 Å². The van der Waals surface area contributed by atoms with Crippen LogP contribution in [0.15, 0.2) is 47.5 Å². The van der Waals surface area contributed by atoms with Crippen molar-refractivity contribution in [1.82, 2.24) is 5.32 Å². The smallest absolute Gasteiger partial charge is 0.258 e. The molecular formula is C20H20ClF2N3O2. The van der Waals surface area contributed by atoms with E-state index in [-0.39, 0.29) is 23.7 Å². The third kappa shape index (κ3) is 5.50. The third-order valence-corrected chi connectivity index (χ3v) is 4.71. The summed E-state index contributed by atoms with van der Waals surface area (Å²) in [5.41, 5.74) is 0.589. The van der Waals surface area contributed by atoms with Crippen LogP contribution in [0.3, 0.4) is 0 Å². The molecule has 148 valence electrons. The lowest BCUT2D eigenvalue weighted by atomic mass is 9.94. The maximum Gasteiger partial charge on any atom is 0.258 e. The normalized spacial score (nSPS) is 19.9. The number of carbonyl (C=O) groups excluding carboxylic acids is 1. The minimum Gasteiger partial charge on any atom is -0.393 e. The molecule has 3 rings (SSSR count). The molecule has 1 saturated carbocycles. The standard InChI is InChI=1S/C20H20ClF2N3O2/c21-13-2-1-3-15(11-13)25-20(24-14-5-7-16(27)8-6-14)26-19(28)12-4-9-17(22)18(23)10-12/h1-4,9-11,14,16,27H,5-8H2,(H2,24,25,26,28). The monoisotopic (exact) mass is 407 g/mol. The maximum atomic E-state index is 13.4. The summed E-state index contributed by atoms with van der Waals surface area (Å²) in [5.74, 6) is -2.57. The van der Waals surface area contributed by atoms with Crippen molar-refractivity contribution in [2.24, 2.45) is 4.99 Å². The second-order valence-electron chi connectivity index (χ2n) is 6.66. The van der Waals surface area contributed by atoms with Crippen molar-refractivity contribution in [2.75, 3.05) is 5.32 Å². The van der Waals surface area contributed by atoms with Gasteiger partial charge in [-0.3, -0.25) is 10.1 Å². The van der Waals surface area contributed by atoms with Crippen LogP contribution in [0.5, 0.6) is 0 Å². The van der Waals surface area contributed by atoms with Gasteiger partial charge in [-0.2, -0.15) is 0 Å². The molecule has 0 aliphatic heterocycles. The van der Waals surface area contributed by atoms with Crippen LogP contribution >= 0.6 is 11.6 Å². The summed E-state index contributed by atoms with van der Waals surface area (Å²) in [4.78, 5) is 17.0. The Kier molecular flexibility index (Phi) is 6.59. The van der Waals surface area contributed by atoms with Crippen molar-refractivity contribution < 1.29 is 18.7 Å². The molecule has 0 radical (unpaired) electrons. The second-order valence-corrected chi connectivity index (χ2v) is 7.09. The molecule has 2 aromatic rings. The van der Waals surface area contributed by atoms with Crippen molar-refractivity contribution in [2.45, 2.75) is 37.8 Å². The van der Waals surface area contributed by atoms with Gasteiger partial charge in [0.25, 0.3) is 5.91 Å². The SMILES string of the molecule is O=C(NC(=NC1CCC(O)CC1)Nc1cccc(Cl)c1)c1ccc(F)c(F)c1.